The van der Waals surface area contributed by atoms with Gasteiger partial charge in [-0.25, -0.2) is 0 Å². The van der Waals surface area contributed by atoms with Crippen LogP contribution in [0.2, 0.25) is 0 Å². The Balaban J connectivity index is 1.84. The number of nitrogens with zero attached hydrogens (tertiary/aromatic N) is 7. The lowest BCUT2D eigenvalue weighted by molar-refractivity contribution is -0.146. The minimum Gasteiger partial charge on any atom is -0.408 e. The Morgan fingerprint density at radius 1 is 1.17 bits per heavy atom. The Hall–Kier alpha value is -2.79. The summed E-state index contributed by atoms with van der Waals surface area (Å²) in [4.78, 5) is 3.47. The van der Waals surface area contributed by atoms with Crippen molar-refractivity contribution in [3.63, 3.8) is 0 Å². The van der Waals surface area contributed by atoms with Gasteiger partial charge in [0.2, 0.25) is 5.96 Å². The second-order valence-electron chi connectivity index (χ2n) is 4.92. The molecule has 0 spiro atoms. The molecule has 1 aliphatic heterocycles. The summed E-state index contributed by atoms with van der Waals surface area (Å²) in [6, 6.07) is 3.02. The van der Waals surface area contributed by atoms with Crippen molar-refractivity contribution in [1.82, 2.24) is 24.7 Å². The van der Waals surface area contributed by atoms with E-state index in [-0.39, 0.29) is 11.6 Å². The van der Waals surface area contributed by atoms with Crippen LogP contribution in [0.15, 0.2) is 17.3 Å². The number of hydrogen-bond acceptors (Lipinski definition) is 6. The highest BCUT2D eigenvalue weighted by molar-refractivity contribution is 5.77. The van der Waals surface area contributed by atoms with Gasteiger partial charge >= 0.3 is 6.18 Å². The van der Waals surface area contributed by atoms with Crippen LogP contribution >= 0.6 is 0 Å². The predicted octanol–water partition coefficient (Wildman–Crippen LogP) is -0.0310. The minimum absolute atomic E-state index is 0.00577. The van der Waals surface area contributed by atoms with Crippen molar-refractivity contribution in [3.8, 4) is 0 Å². The number of oxime groups is 1. The highest BCUT2D eigenvalue weighted by Gasteiger charge is 2.37. The second kappa shape index (κ2) is 5.44. The molecule has 3 N–H and O–H groups in total. The topological polar surface area (TPSA) is 108 Å². The SMILES string of the molecule is N/C(=N\O)N1CCN(c2ccc3nnc(C(F)(F)F)n3n2)CC1. The number of rotatable bonds is 1. The Labute approximate surface area is 127 Å². The molecule has 1 fully saturated rings. The van der Waals surface area contributed by atoms with E-state index in [9.17, 15) is 13.2 Å². The summed E-state index contributed by atoms with van der Waals surface area (Å²) in [6.07, 6.45) is -4.63. The zero-order chi connectivity index (χ0) is 16.6. The highest BCUT2D eigenvalue weighted by atomic mass is 19.4. The van der Waals surface area contributed by atoms with E-state index in [2.05, 4.69) is 20.5 Å². The molecule has 1 saturated heterocycles. The van der Waals surface area contributed by atoms with Crippen LogP contribution in [0.1, 0.15) is 5.82 Å². The normalized spacial score (nSPS) is 17.1. The van der Waals surface area contributed by atoms with Gasteiger partial charge in [-0.1, -0.05) is 5.16 Å². The molecule has 0 unspecified atom stereocenters. The van der Waals surface area contributed by atoms with Crippen LogP contribution in [0, 0.1) is 0 Å². The molecule has 0 amide bonds. The standard InChI is InChI=1S/C11H13F3N8O/c12-11(13,14)9-17-16-7-1-2-8(18-22(7)9)20-3-5-21(6-4-20)10(15)19-23/h1-2,23H,3-6H2,(H2,15,19). The first-order chi connectivity index (χ1) is 10.9. The number of halogens is 3. The molecular weight excluding hydrogens is 317 g/mol. The van der Waals surface area contributed by atoms with Crippen LogP contribution in [-0.2, 0) is 6.18 Å². The number of anilines is 1. The predicted molar refractivity (Wildman–Crippen MR) is 73.0 cm³/mol. The molecule has 23 heavy (non-hydrogen) atoms. The van der Waals surface area contributed by atoms with Crippen molar-refractivity contribution in [2.45, 2.75) is 6.18 Å². The zero-order valence-electron chi connectivity index (χ0n) is 11.8. The number of hydrogen-bond donors (Lipinski definition) is 2. The third kappa shape index (κ3) is 2.78. The van der Waals surface area contributed by atoms with E-state index in [1.165, 1.54) is 6.07 Å². The van der Waals surface area contributed by atoms with E-state index in [4.69, 9.17) is 10.9 Å². The van der Waals surface area contributed by atoms with Gasteiger partial charge in [0.15, 0.2) is 5.65 Å². The van der Waals surface area contributed by atoms with Gasteiger partial charge in [-0.3, -0.25) is 0 Å². The summed E-state index contributed by atoms with van der Waals surface area (Å²) in [5.41, 5.74) is 5.53. The van der Waals surface area contributed by atoms with Crippen molar-refractivity contribution in [2.75, 3.05) is 31.1 Å². The lowest BCUT2D eigenvalue weighted by Gasteiger charge is -2.35. The molecule has 12 heteroatoms. The van der Waals surface area contributed by atoms with E-state index < -0.39 is 12.0 Å². The van der Waals surface area contributed by atoms with Crippen LogP contribution in [0.3, 0.4) is 0 Å². The number of alkyl halides is 3. The largest absolute Gasteiger partial charge is 0.453 e. The Kier molecular flexibility index (Phi) is 3.58. The molecule has 3 heterocycles. The maximum absolute atomic E-state index is 12.9. The third-order valence-corrected chi connectivity index (χ3v) is 3.53. The van der Waals surface area contributed by atoms with Crippen molar-refractivity contribution in [2.24, 2.45) is 10.9 Å². The maximum Gasteiger partial charge on any atom is 0.453 e. The lowest BCUT2D eigenvalue weighted by atomic mass is 10.3. The highest BCUT2D eigenvalue weighted by Crippen LogP contribution is 2.28. The van der Waals surface area contributed by atoms with E-state index in [0.717, 1.165) is 0 Å². The second-order valence-corrected chi connectivity index (χ2v) is 4.92. The Morgan fingerprint density at radius 2 is 1.87 bits per heavy atom. The number of nitrogens with two attached hydrogens (primary N) is 1. The lowest BCUT2D eigenvalue weighted by Crippen LogP contribution is -2.51. The molecular formula is C11H13F3N8O. The van der Waals surface area contributed by atoms with E-state index in [1.807, 2.05) is 0 Å². The van der Waals surface area contributed by atoms with Crippen molar-refractivity contribution >= 4 is 17.4 Å². The average Bonchev–Trinajstić information content (AvgIpc) is 2.97. The minimum atomic E-state index is -4.63. The molecule has 0 bridgehead atoms. The van der Waals surface area contributed by atoms with Crippen LogP contribution in [0.25, 0.3) is 5.65 Å². The Morgan fingerprint density at radius 3 is 2.48 bits per heavy atom. The summed E-state index contributed by atoms with van der Waals surface area (Å²) in [5.74, 6) is -0.780. The summed E-state index contributed by atoms with van der Waals surface area (Å²) in [6.45, 7) is 1.87. The fourth-order valence-corrected chi connectivity index (χ4v) is 2.35. The molecule has 0 aliphatic carbocycles. The average molecular weight is 330 g/mol. The molecule has 0 atom stereocenters. The molecule has 2 aromatic heterocycles. The van der Waals surface area contributed by atoms with Crippen LogP contribution in [0.4, 0.5) is 19.0 Å². The third-order valence-electron chi connectivity index (χ3n) is 3.53. The van der Waals surface area contributed by atoms with E-state index in [1.54, 1.807) is 15.9 Å². The van der Waals surface area contributed by atoms with Gasteiger partial charge < -0.3 is 20.7 Å². The smallest absolute Gasteiger partial charge is 0.408 e. The molecule has 0 aromatic carbocycles. The molecule has 0 radical (unpaired) electrons. The fourth-order valence-electron chi connectivity index (χ4n) is 2.35. The van der Waals surface area contributed by atoms with Gasteiger partial charge in [0, 0.05) is 26.2 Å². The van der Waals surface area contributed by atoms with Crippen LogP contribution in [0.5, 0.6) is 0 Å². The van der Waals surface area contributed by atoms with Gasteiger partial charge in [-0.05, 0) is 12.1 Å². The molecule has 1 aliphatic rings. The summed E-state index contributed by atoms with van der Waals surface area (Å²) in [5, 5.41) is 22.1. The van der Waals surface area contributed by atoms with Gasteiger partial charge in [-0.15, -0.1) is 15.3 Å². The molecule has 3 rings (SSSR count). The first kappa shape index (κ1) is 15.1. The molecule has 2 aromatic rings. The van der Waals surface area contributed by atoms with E-state index in [0.29, 0.717) is 36.5 Å². The first-order valence-corrected chi connectivity index (χ1v) is 6.67. The number of piperazine rings is 1. The zero-order valence-corrected chi connectivity index (χ0v) is 11.8. The van der Waals surface area contributed by atoms with Gasteiger partial charge in [-0.2, -0.15) is 17.7 Å². The number of aromatic nitrogens is 4. The number of guanidine groups is 1. The van der Waals surface area contributed by atoms with Gasteiger partial charge in [0.1, 0.15) is 5.82 Å². The van der Waals surface area contributed by atoms with Crippen LogP contribution in [-0.4, -0.2) is 62.1 Å². The summed E-state index contributed by atoms with van der Waals surface area (Å²) >= 11 is 0. The molecule has 0 saturated carbocycles. The monoisotopic (exact) mass is 330 g/mol. The van der Waals surface area contributed by atoms with E-state index >= 15 is 0 Å². The first-order valence-electron chi connectivity index (χ1n) is 6.67. The molecule has 9 nitrogen and oxygen atoms in total. The molecule has 124 valence electrons. The summed E-state index contributed by atoms with van der Waals surface area (Å²) in [7, 11) is 0. The quantitative estimate of drug-likeness (QED) is 0.327. The van der Waals surface area contributed by atoms with Gasteiger partial charge in [0.25, 0.3) is 5.82 Å². The van der Waals surface area contributed by atoms with Crippen LogP contribution < -0.4 is 10.6 Å². The van der Waals surface area contributed by atoms with Crippen molar-refractivity contribution in [3.05, 3.63) is 18.0 Å². The van der Waals surface area contributed by atoms with Crippen molar-refractivity contribution < 1.29 is 18.4 Å². The number of fused-ring (bicyclic) bond motifs is 1. The Bertz CT molecular complexity index is 734. The van der Waals surface area contributed by atoms with Gasteiger partial charge in [0.05, 0.1) is 0 Å². The summed E-state index contributed by atoms with van der Waals surface area (Å²) < 4.78 is 39.3. The maximum atomic E-state index is 12.9. The van der Waals surface area contributed by atoms with Crippen molar-refractivity contribution in [1.29, 1.82) is 0 Å². The fraction of sp³-hybridized carbons (Fsp3) is 0.455.